The van der Waals surface area contributed by atoms with Crippen molar-refractivity contribution in [1.82, 2.24) is 5.32 Å². The van der Waals surface area contributed by atoms with E-state index in [0.29, 0.717) is 19.7 Å². The molecule has 0 saturated heterocycles. The number of ether oxygens (including phenoxy) is 2. The summed E-state index contributed by atoms with van der Waals surface area (Å²) >= 11 is 0. The molecule has 0 amide bonds. The third-order valence-corrected chi connectivity index (χ3v) is 2.36. The first kappa shape index (κ1) is 15.4. The minimum Gasteiger partial charge on any atom is -0.488 e. The number of halogens is 1. The first-order valence-corrected chi connectivity index (χ1v) is 5.87. The minimum atomic E-state index is -0.744. The van der Waals surface area contributed by atoms with Gasteiger partial charge in [-0.05, 0) is 18.2 Å². The molecule has 1 aromatic rings. The quantitative estimate of drug-likeness (QED) is 0.678. The van der Waals surface area contributed by atoms with E-state index < -0.39 is 11.9 Å². The second-order valence-corrected chi connectivity index (χ2v) is 3.92. The first-order chi connectivity index (χ1) is 9.17. The molecule has 104 valence electrons. The summed E-state index contributed by atoms with van der Waals surface area (Å²) in [6.07, 6.45) is -0.744. The van der Waals surface area contributed by atoms with Gasteiger partial charge >= 0.3 is 0 Å². The molecule has 0 aliphatic carbocycles. The molecule has 0 radical (unpaired) electrons. The number of aliphatic hydroxyl groups is 1. The van der Waals surface area contributed by atoms with Crippen LogP contribution in [0.2, 0.25) is 0 Å². The third-order valence-electron chi connectivity index (χ3n) is 2.36. The van der Waals surface area contributed by atoms with Crippen LogP contribution in [0.1, 0.15) is 5.56 Å². The van der Waals surface area contributed by atoms with Crippen molar-refractivity contribution < 1.29 is 19.0 Å². The van der Waals surface area contributed by atoms with Crippen LogP contribution < -0.4 is 10.1 Å². The molecular weight excluding hydrogens is 251 g/mol. The number of aliphatic hydroxyl groups excluding tert-OH is 1. The maximum absolute atomic E-state index is 13.5. The lowest BCUT2D eigenvalue weighted by atomic mass is 10.2. The maximum atomic E-state index is 13.5. The molecule has 2 N–H and O–H groups in total. The zero-order valence-electron chi connectivity index (χ0n) is 10.7. The lowest BCUT2D eigenvalue weighted by Crippen LogP contribution is -2.33. The van der Waals surface area contributed by atoms with Crippen LogP contribution in [0.5, 0.6) is 5.75 Å². The fraction of sp³-hybridized carbons (Fsp3) is 0.462. The molecule has 5 nitrogen and oxygen atoms in total. The average Bonchev–Trinajstić information content (AvgIpc) is 2.42. The number of rotatable bonds is 8. The summed E-state index contributed by atoms with van der Waals surface area (Å²) in [5, 5.41) is 21.2. The minimum absolute atomic E-state index is 0.0231. The molecule has 6 heteroatoms. The van der Waals surface area contributed by atoms with Crippen molar-refractivity contribution in [3.63, 3.8) is 0 Å². The fourth-order valence-electron chi connectivity index (χ4n) is 1.38. The van der Waals surface area contributed by atoms with Crippen molar-refractivity contribution in [2.75, 3.05) is 33.4 Å². The highest BCUT2D eigenvalue weighted by molar-refractivity contribution is 5.35. The molecule has 1 rings (SSSR count). The predicted molar refractivity (Wildman–Crippen MR) is 67.4 cm³/mol. The van der Waals surface area contributed by atoms with E-state index in [1.54, 1.807) is 7.11 Å². The Morgan fingerprint density at radius 2 is 2.32 bits per heavy atom. The van der Waals surface area contributed by atoms with Crippen LogP contribution in [0, 0.1) is 17.1 Å². The highest BCUT2D eigenvalue weighted by atomic mass is 19.1. The summed E-state index contributed by atoms with van der Waals surface area (Å²) in [6, 6.07) is 5.76. The summed E-state index contributed by atoms with van der Waals surface area (Å²) in [4.78, 5) is 0. The molecule has 0 aliphatic heterocycles. The van der Waals surface area contributed by atoms with Crippen molar-refractivity contribution in [3.8, 4) is 11.8 Å². The van der Waals surface area contributed by atoms with Crippen LogP contribution >= 0.6 is 0 Å². The Hall–Kier alpha value is -1.68. The van der Waals surface area contributed by atoms with Crippen LogP contribution in [-0.2, 0) is 4.74 Å². The zero-order chi connectivity index (χ0) is 14.1. The van der Waals surface area contributed by atoms with Gasteiger partial charge in [0.05, 0.1) is 18.2 Å². The van der Waals surface area contributed by atoms with Crippen molar-refractivity contribution >= 4 is 0 Å². The lowest BCUT2D eigenvalue weighted by Gasteiger charge is -2.13. The molecule has 0 aromatic heterocycles. The lowest BCUT2D eigenvalue weighted by molar-refractivity contribution is 0.101. The summed E-state index contributed by atoms with van der Waals surface area (Å²) in [5.74, 6) is -0.589. The number of nitrogens with zero attached hydrogens (tertiary/aromatic N) is 1. The number of nitrogens with one attached hydrogen (secondary N) is 1. The molecule has 19 heavy (non-hydrogen) atoms. The Bertz CT molecular complexity index is 434. The van der Waals surface area contributed by atoms with Crippen LogP contribution in [-0.4, -0.2) is 44.6 Å². The standard InChI is InChI=1S/C13H17FN2O3/c1-18-5-4-16-8-11(17)9-19-13-3-2-10(7-15)6-12(13)14/h2-3,6,11,16-17H,4-5,8-9H2,1H3. The molecule has 1 atom stereocenters. The highest BCUT2D eigenvalue weighted by Gasteiger charge is 2.08. The van der Waals surface area contributed by atoms with E-state index in [2.05, 4.69) is 5.32 Å². The molecule has 0 heterocycles. The molecular formula is C13H17FN2O3. The van der Waals surface area contributed by atoms with E-state index in [0.717, 1.165) is 6.07 Å². The number of hydrogen-bond acceptors (Lipinski definition) is 5. The van der Waals surface area contributed by atoms with E-state index in [1.807, 2.05) is 6.07 Å². The summed E-state index contributed by atoms with van der Waals surface area (Å²) in [5.41, 5.74) is 0.228. The summed E-state index contributed by atoms with van der Waals surface area (Å²) in [7, 11) is 1.59. The van der Waals surface area contributed by atoms with E-state index in [9.17, 15) is 9.50 Å². The van der Waals surface area contributed by atoms with Gasteiger partial charge in [0.15, 0.2) is 11.6 Å². The van der Waals surface area contributed by atoms with Crippen molar-refractivity contribution in [2.45, 2.75) is 6.10 Å². The van der Waals surface area contributed by atoms with Crippen LogP contribution in [0.4, 0.5) is 4.39 Å². The maximum Gasteiger partial charge on any atom is 0.166 e. The molecule has 0 spiro atoms. The molecule has 0 aliphatic rings. The zero-order valence-corrected chi connectivity index (χ0v) is 10.7. The van der Waals surface area contributed by atoms with E-state index in [4.69, 9.17) is 14.7 Å². The smallest absolute Gasteiger partial charge is 0.166 e. The van der Waals surface area contributed by atoms with Gasteiger partial charge in [-0.15, -0.1) is 0 Å². The van der Waals surface area contributed by atoms with Gasteiger partial charge in [0.25, 0.3) is 0 Å². The van der Waals surface area contributed by atoms with Gasteiger partial charge in [-0.1, -0.05) is 0 Å². The first-order valence-electron chi connectivity index (χ1n) is 5.87. The number of nitriles is 1. The van der Waals surface area contributed by atoms with Crippen molar-refractivity contribution in [3.05, 3.63) is 29.6 Å². The molecule has 0 saturated carbocycles. The average molecular weight is 268 g/mol. The topological polar surface area (TPSA) is 74.5 Å². The largest absolute Gasteiger partial charge is 0.488 e. The normalized spacial score (nSPS) is 11.9. The monoisotopic (exact) mass is 268 g/mol. The van der Waals surface area contributed by atoms with Crippen LogP contribution in [0.25, 0.3) is 0 Å². The van der Waals surface area contributed by atoms with Gasteiger partial charge in [0.1, 0.15) is 12.7 Å². The van der Waals surface area contributed by atoms with Gasteiger partial charge in [-0.3, -0.25) is 0 Å². The van der Waals surface area contributed by atoms with Gasteiger partial charge in [0.2, 0.25) is 0 Å². The number of methoxy groups -OCH3 is 1. The second kappa shape index (κ2) is 8.43. The van der Waals surface area contributed by atoms with Gasteiger partial charge < -0.3 is 19.9 Å². The van der Waals surface area contributed by atoms with Gasteiger partial charge in [0, 0.05) is 20.2 Å². The second-order valence-electron chi connectivity index (χ2n) is 3.92. The Morgan fingerprint density at radius 3 is 2.95 bits per heavy atom. The molecule has 0 bridgehead atoms. The highest BCUT2D eigenvalue weighted by Crippen LogP contribution is 2.17. The molecule has 0 fully saturated rings. The SMILES string of the molecule is COCCNCC(O)COc1ccc(C#N)cc1F. The van der Waals surface area contributed by atoms with Crippen LogP contribution in [0.15, 0.2) is 18.2 Å². The fourth-order valence-corrected chi connectivity index (χ4v) is 1.38. The Morgan fingerprint density at radius 1 is 1.53 bits per heavy atom. The Balaban J connectivity index is 2.34. The number of benzene rings is 1. The Kier molecular flexibility index (Phi) is 6.82. The third kappa shape index (κ3) is 5.66. The summed E-state index contributed by atoms with van der Waals surface area (Å²) < 4.78 is 23.4. The Labute approximate surface area is 111 Å². The molecule has 1 aromatic carbocycles. The summed E-state index contributed by atoms with van der Waals surface area (Å²) in [6.45, 7) is 1.49. The van der Waals surface area contributed by atoms with Crippen molar-refractivity contribution in [2.24, 2.45) is 0 Å². The number of hydrogen-bond donors (Lipinski definition) is 2. The van der Waals surface area contributed by atoms with Crippen molar-refractivity contribution in [1.29, 1.82) is 5.26 Å². The predicted octanol–water partition coefficient (Wildman–Crippen LogP) is 0.673. The molecule has 1 unspecified atom stereocenters. The van der Waals surface area contributed by atoms with E-state index in [1.165, 1.54) is 12.1 Å². The van der Waals surface area contributed by atoms with E-state index >= 15 is 0 Å². The van der Waals surface area contributed by atoms with E-state index in [-0.39, 0.29) is 17.9 Å². The van der Waals surface area contributed by atoms with Gasteiger partial charge in [-0.2, -0.15) is 5.26 Å². The van der Waals surface area contributed by atoms with Gasteiger partial charge in [-0.25, -0.2) is 4.39 Å². The van der Waals surface area contributed by atoms with Crippen LogP contribution in [0.3, 0.4) is 0 Å².